The first kappa shape index (κ1) is 12.1. The van der Waals surface area contributed by atoms with E-state index in [4.69, 9.17) is 4.84 Å². The quantitative estimate of drug-likeness (QED) is 0.777. The summed E-state index contributed by atoms with van der Waals surface area (Å²) in [6.45, 7) is 1.75. The van der Waals surface area contributed by atoms with Gasteiger partial charge in [-0.1, -0.05) is 15.9 Å². The van der Waals surface area contributed by atoms with Crippen LogP contribution in [0.25, 0.3) is 0 Å². The third kappa shape index (κ3) is 2.54. The molecular formula is C10H11BrFNO2. The summed E-state index contributed by atoms with van der Waals surface area (Å²) >= 11 is 3.24. The minimum atomic E-state index is -0.551. The third-order valence-corrected chi connectivity index (χ3v) is 2.89. The van der Waals surface area contributed by atoms with Gasteiger partial charge in [-0.15, -0.1) is 0 Å². The minimum Gasteiger partial charge on any atom is -0.274 e. The fourth-order valence-corrected chi connectivity index (χ4v) is 1.41. The highest BCUT2D eigenvalue weighted by atomic mass is 79.9. The van der Waals surface area contributed by atoms with Crippen molar-refractivity contribution >= 4 is 21.8 Å². The Morgan fingerprint density at radius 2 is 2.13 bits per heavy atom. The van der Waals surface area contributed by atoms with Gasteiger partial charge in [0.15, 0.2) is 0 Å². The summed E-state index contributed by atoms with van der Waals surface area (Å²) in [5.41, 5.74) is 0.723. The summed E-state index contributed by atoms with van der Waals surface area (Å²) in [6, 6.07) is 2.75. The molecule has 1 rings (SSSR count). The number of hydrogen-bond donors (Lipinski definition) is 0. The Kier molecular flexibility index (Phi) is 3.82. The summed E-state index contributed by atoms with van der Waals surface area (Å²) in [7, 11) is 2.77. The monoisotopic (exact) mass is 275 g/mol. The summed E-state index contributed by atoms with van der Waals surface area (Å²) in [5.74, 6) is -1.07. The molecule has 0 heterocycles. The number of hydrogen-bond acceptors (Lipinski definition) is 2. The van der Waals surface area contributed by atoms with Crippen molar-refractivity contribution in [3.8, 4) is 0 Å². The summed E-state index contributed by atoms with van der Waals surface area (Å²) < 4.78 is 14.1. The number of rotatable bonds is 2. The highest BCUT2D eigenvalue weighted by Gasteiger charge is 2.17. The molecule has 0 spiro atoms. The maximum Gasteiger partial charge on any atom is 0.280 e. The molecule has 82 valence electrons. The summed E-state index contributed by atoms with van der Waals surface area (Å²) in [6.07, 6.45) is 0. The van der Waals surface area contributed by atoms with Crippen molar-refractivity contribution in [3.05, 3.63) is 33.5 Å². The van der Waals surface area contributed by atoms with Crippen LogP contribution in [-0.2, 0) is 4.84 Å². The molecule has 5 heteroatoms. The Balaban J connectivity index is 3.15. The zero-order chi connectivity index (χ0) is 11.6. The Bertz CT molecular complexity index is 395. The second-order valence-corrected chi connectivity index (χ2v) is 3.92. The van der Waals surface area contributed by atoms with Crippen molar-refractivity contribution in [2.45, 2.75) is 6.92 Å². The van der Waals surface area contributed by atoms with Crippen molar-refractivity contribution in [1.29, 1.82) is 0 Å². The Hall–Kier alpha value is -0.940. The van der Waals surface area contributed by atoms with Crippen LogP contribution in [0.4, 0.5) is 4.39 Å². The smallest absolute Gasteiger partial charge is 0.274 e. The van der Waals surface area contributed by atoms with E-state index in [1.807, 2.05) is 0 Å². The van der Waals surface area contributed by atoms with Crippen LogP contribution in [0.2, 0.25) is 0 Å². The maximum absolute atomic E-state index is 13.5. The van der Waals surface area contributed by atoms with Crippen molar-refractivity contribution in [1.82, 2.24) is 5.06 Å². The first-order valence-corrected chi connectivity index (χ1v) is 5.04. The first-order valence-electron chi connectivity index (χ1n) is 4.25. The van der Waals surface area contributed by atoms with E-state index in [-0.39, 0.29) is 5.56 Å². The van der Waals surface area contributed by atoms with Gasteiger partial charge in [-0.25, -0.2) is 9.45 Å². The van der Waals surface area contributed by atoms with Crippen LogP contribution < -0.4 is 0 Å². The van der Waals surface area contributed by atoms with Gasteiger partial charge in [-0.05, 0) is 24.6 Å². The van der Waals surface area contributed by atoms with Gasteiger partial charge in [-0.2, -0.15) is 0 Å². The van der Waals surface area contributed by atoms with Crippen molar-refractivity contribution in [3.63, 3.8) is 0 Å². The molecule has 0 bridgehead atoms. The molecule has 0 unspecified atom stereocenters. The normalized spacial score (nSPS) is 10.2. The first-order chi connectivity index (χ1) is 6.97. The lowest BCUT2D eigenvalue weighted by molar-refractivity contribution is -0.0759. The second kappa shape index (κ2) is 4.72. The van der Waals surface area contributed by atoms with E-state index in [1.54, 1.807) is 6.92 Å². The molecule has 1 aromatic rings. The molecular weight excluding hydrogens is 265 g/mol. The average Bonchev–Trinajstić information content (AvgIpc) is 2.21. The number of carbonyl (C=O) groups is 1. The lowest BCUT2D eigenvalue weighted by Crippen LogP contribution is -2.26. The Morgan fingerprint density at radius 3 is 2.67 bits per heavy atom. The van der Waals surface area contributed by atoms with Crippen LogP contribution in [0.3, 0.4) is 0 Å². The number of benzene rings is 1. The van der Waals surface area contributed by atoms with Gasteiger partial charge in [0.1, 0.15) is 5.82 Å². The predicted octanol–water partition coefficient (Wildman–Crippen LogP) is 2.53. The van der Waals surface area contributed by atoms with Crippen LogP contribution >= 0.6 is 15.9 Å². The molecule has 0 fully saturated rings. The number of amides is 1. The van der Waals surface area contributed by atoms with Crippen molar-refractivity contribution < 1.29 is 14.0 Å². The van der Waals surface area contributed by atoms with Gasteiger partial charge in [0.2, 0.25) is 0 Å². The molecule has 0 saturated heterocycles. The molecule has 15 heavy (non-hydrogen) atoms. The third-order valence-electron chi connectivity index (χ3n) is 2.04. The number of aryl methyl sites for hydroxylation is 1. The van der Waals surface area contributed by atoms with E-state index < -0.39 is 11.7 Å². The molecule has 0 radical (unpaired) electrons. The zero-order valence-corrected chi connectivity index (χ0v) is 10.3. The lowest BCUT2D eigenvalue weighted by atomic mass is 10.1. The standard InChI is InChI=1S/C10H11BrFNO2/c1-6-4-9(12)7(5-8(6)11)10(14)13(2)15-3/h4-5H,1-3H3. The van der Waals surface area contributed by atoms with Crippen LogP contribution in [-0.4, -0.2) is 25.1 Å². The fourth-order valence-electron chi connectivity index (χ4n) is 1.06. The molecule has 0 aliphatic heterocycles. The van der Waals surface area contributed by atoms with Crippen molar-refractivity contribution in [2.75, 3.05) is 14.2 Å². The predicted molar refractivity (Wildman–Crippen MR) is 57.9 cm³/mol. The van der Waals surface area contributed by atoms with E-state index >= 15 is 0 Å². The van der Waals surface area contributed by atoms with E-state index in [0.717, 1.165) is 10.6 Å². The maximum atomic E-state index is 13.5. The van der Waals surface area contributed by atoms with Gasteiger partial charge >= 0.3 is 0 Å². The van der Waals surface area contributed by atoms with E-state index in [1.165, 1.54) is 26.3 Å². The van der Waals surface area contributed by atoms with Gasteiger partial charge < -0.3 is 0 Å². The van der Waals surface area contributed by atoms with Crippen LogP contribution in [0.5, 0.6) is 0 Å². The number of halogens is 2. The number of carbonyl (C=O) groups excluding carboxylic acids is 1. The van der Waals surface area contributed by atoms with Gasteiger partial charge in [-0.3, -0.25) is 9.63 Å². The topological polar surface area (TPSA) is 29.5 Å². The Labute approximate surface area is 95.9 Å². The molecule has 0 saturated carbocycles. The fraction of sp³-hybridized carbons (Fsp3) is 0.300. The average molecular weight is 276 g/mol. The number of hydroxylamine groups is 2. The van der Waals surface area contributed by atoms with Crippen LogP contribution in [0.15, 0.2) is 16.6 Å². The minimum absolute atomic E-state index is 0.0168. The van der Waals surface area contributed by atoms with Crippen LogP contribution in [0.1, 0.15) is 15.9 Å². The Morgan fingerprint density at radius 1 is 1.53 bits per heavy atom. The zero-order valence-electron chi connectivity index (χ0n) is 8.67. The van der Waals surface area contributed by atoms with E-state index in [9.17, 15) is 9.18 Å². The molecule has 0 N–H and O–H groups in total. The molecule has 3 nitrogen and oxygen atoms in total. The number of nitrogens with zero attached hydrogens (tertiary/aromatic N) is 1. The highest BCUT2D eigenvalue weighted by molar-refractivity contribution is 9.10. The van der Waals surface area contributed by atoms with Crippen LogP contribution in [0, 0.1) is 12.7 Å². The highest BCUT2D eigenvalue weighted by Crippen LogP contribution is 2.21. The summed E-state index contributed by atoms with van der Waals surface area (Å²) in [4.78, 5) is 16.3. The lowest BCUT2D eigenvalue weighted by Gasteiger charge is -2.14. The molecule has 0 aliphatic rings. The van der Waals surface area contributed by atoms with Gasteiger partial charge in [0.25, 0.3) is 5.91 Å². The van der Waals surface area contributed by atoms with Crippen molar-refractivity contribution in [2.24, 2.45) is 0 Å². The molecule has 0 aromatic heterocycles. The molecule has 0 atom stereocenters. The van der Waals surface area contributed by atoms with E-state index in [0.29, 0.717) is 4.47 Å². The molecule has 0 aliphatic carbocycles. The van der Waals surface area contributed by atoms with Gasteiger partial charge in [0.05, 0.1) is 12.7 Å². The summed E-state index contributed by atoms with van der Waals surface area (Å²) in [5, 5.41) is 0.972. The van der Waals surface area contributed by atoms with E-state index in [2.05, 4.69) is 15.9 Å². The SMILES string of the molecule is CON(C)C(=O)c1cc(Br)c(C)cc1F. The second-order valence-electron chi connectivity index (χ2n) is 3.07. The van der Waals surface area contributed by atoms with Gasteiger partial charge in [0, 0.05) is 11.5 Å². The largest absolute Gasteiger partial charge is 0.280 e. The molecule has 1 amide bonds. The molecule has 1 aromatic carbocycles.